The van der Waals surface area contributed by atoms with Crippen LogP contribution in [-0.4, -0.2) is 17.5 Å². The van der Waals surface area contributed by atoms with Gasteiger partial charge in [0.25, 0.3) is 0 Å². The van der Waals surface area contributed by atoms with Gasteiger partial charge >= 0.3 is 12.2 Å². The van der Waals surface area contributed by atoms with Crippen LogP contribution in [0.4, 0.5) is 33.7 Å². The second-order valence-electron chi connectivity index (χ2n) is 8.39. The van der Waals surface area contributed by atoms with E-state index in [2.05, 4.69) is 17.2 Å². The third-order valence-corrected chi connectivity index (χ3v) is 5.94. The molecule has 1 aliphatic rings. The maximum Gasteiger partial charge on any atom is 0.416 e. The van der Waals surface area contributed by atoms with Gasteiger partial charge in [-0.15, -0.1) is 6.58 Å². The van der Waals surface area contributed by atoms with E-state index in [-0.39, 0.29) is 18.5 Å². The van der Waals surface area contributed by atoms with Crippen molar-refractivity contribution in [2.24, 2.45) is 0 Å². The number of ketones is 1. The van der Waals surface area contributed by atoms with Crippen molar-refractivity contribution in [3.63, 3.8) is 0 Å². The number of halogens is 4. The molecule has 2 amide bonds. The fraction of sp³-hybridized carbons (Fsp3) is 0.185. The molecule has 1 aliphatic carbocycles. The van der Waals surface area contributed by atoms with Crippen molar-refractivity contribution in [1.29, 1.82) is 0 Å². The van der Waals surface area contributed by atoms with Crippen molar-refractivity contribution in [3.8, 4) is 11.1 Å². The molecule has 4 nitrogen and oxygen atoms in total. The molecule has 0 heterocycles. The molecule has 0 spiro atoms. The molecule has 0 bridgehead atoms. The number of amides is 2. The highest BCUT2D eigenvalue weighted by atomic mass is 19.4. The van der Waals surface area contributed by atoms with Gasteiger partial charge in [0.05, 0.1) is 5.56 Å². The van der Waals surface area contributed by atoms with E-state index in [4.69, 9.17) is 0 Å². The molecule has 0 saturated carbocycles. The first kappa shape index (κ1) is 24.2. The Morgan fingerprint density at radius 1 is 0.971 bits per heavy atom. The molecule has 2 N–H and O–H groups in total. The van der Waals surface area contributed by atoms with Gasteiger partial charge in [-0.2, -0.15) is 13.2 Å². The van der Waals surface area contributed by atoms with Gasteiger partial charge in [0.2, 0.25) is 5.78 Å². The summed E-state index contributed by atoms with van der Waals surface area (Å²) in [6, 6.07) is 15.8. The van der Waals surface area contributed by atoms with E-state index < -0.39 is 29.2 Å². The van der Waals surface area contributed by atoms with Crippen LogP contribution < -0.4 is 10.6 Å². The van der Waals surface area contributed by atoms with E-state index in [0.29, 0.717) is 17.7 Å². The Labute approximate surface area is 199 Å². The fourth-order valence-corrected chi connectivity index (χ4v) is 4.13. The van der Waals surface area contributed by atoms with Gasteiger partial charge in [0.1, 0.15) is 0 Å². The normalized spacial score (nSPS) is 17.4. The Morgan fingerprint density at radius 2 is 1.66 bits per heavy atom. The van der Waals surface area contributed by atoms with Crippen LogP contribution in [-0.2, 0) is 12.6 Å². The third-order valence-electron chi connectivity index (χ3n) is 5.94. The lowest BCUT2D eigenvalue weighted by atomic mass is 9.78. The van der Waals surface area contributed by atoms with Gasteiger partial charge in [0, 0.05) is 23.4 Å². The van der Waals surface area contributed by atoms with Crippen molar-refractivity contribution in [1.82, 2.24) is 0 Å². The number of carbonyl (C=O) groups excluding carboxylic acids is 2. The summed E-state index contributed by atoms with van der Waals surface area (Å²) < 4.78 is 53.4. The second kappa shape index (κ2) is 9.37. The van der Waals surface area contributed by atoms with E-state index in [1.54, 1.807) is 36.4 Å². The quantitative estimate of drug-likeness (QED) is 0.294. The molecule has 0 saturated heterocycles. The van der Waals surface area contributed by atoms with Crippen LogP contribution >= 0.6 is 0 Å². The molecule has 0 aliphatic heterocycles. The number of hydrogen-bond acceptors (Lipinski definition) is 2. The molecule has 8 heteroatoms. The van der Waals surface area contributed by atoms with Crippen molar-refractivity contribution >= 4 is 23.2 Å². The maximum absolute atomic E-state index is 14.9. The Balaban J connectivity index is 1.44. The number of benzene rings is 3. The van der Waals surface area contributed by atoms with Crippen LogP contribution in [0, 0.1) is 0 Å². The number of carbonyl (C=O) groups is 2. The zero-order valence-electron chi connectivity index (χ0n) is 18.6. The minimum Gasteiger partial charge on any atom is -0.308 e. The summed E-state index contributed by atoms with van der Waals surface area (Å²) in [6.07, 6.45) is -2.54. The smallest absolute Gasteiger partial charge is 0.308 e. The molecule has 4 rings (SSSR count). The van der Waals surface area contributed by atoms with Crippen molar-refractivity contribution < 1.29 is 27.2 Å². The minimum absolute atomic E-state index is 0.0111. The first-order valence-electron chi connectivity index (χ1n) is 10.9. The van der Waals surface area contributed by atoms with Crippen LogP contribution in [0.3, 0.4) is 0 Å². The molecular weight excluding hydrogens is 460 g/mol. The number of nitrogens with one attached hydrogen (secondary N) is 2. The van der Waals surface area contributed by atoms with E-state index in [1.165, 1.54) is 18.2 Å². The Hall–Kier alpha value is -3.94. The SMILES string of the molecule is C=CCC1(F)CCc2cc(-c3ccc(NC(=O)Nc4cccc(C(F)(F)F)c4)cc3)ccc2C1=O. The number of allylic oxidation sites excluding steroid dienone is 1. The number of Topliss-reactive ketones (excluding diaryl/α,β-unsaturated/α-hetero) is 1. The predicted octanol–water partition coefficient (Wildman–Crippen LogP) is 7.43. The minimum atomic E-state index is -4.51. The van der Waals surface area contributed by atoms with E-state index >= 15 is 0 Å². The van der Waals surface area contributed by atoms with Gasteiger partial charge in [-0.3, -0.25) is 4.79 Å². The summed E-state index contributed by atoms with van der Waals surface area (Å²) >= 11 is 0. The second-order valence-corrected chi connectivity index (χ2v) is 8.39. The predicted molar refractivity (Wildman–Crippen MR) is 127 cm³/mol. The zero-order chi connectivity index (χ0) is 25.2. The maximum atomic E-state index is 14.9. The highest BCUT2D eigenvalue weighted by molar-refractivity contribution is 6.05. The average molecular weight is 482 g/mol. The summed E-state index contributed by atoms with van der Waals surface area (Å²) in [5.41, 5.74) is 0.531. The molecular formula is C27H22F4N2O2. The number of urea groups is 1. The molecule has 0 radical (unpaired) electrons. The van der Waals surface area contributed by atoms with E-state index in [1.807, 2.05) is 6.07 Å². The van der Waals surface area contributed by atoms with Crippen LogP contribution in [0.15, 0.2) is 79.4 Å². The number of aryl methyl sites for hydroxylation is 1. The van der Waals surface area contributed by atoms with Crippen LogP contribution in [0.5, 0.6) is 0 Å². The molecule has 35 heavy (non-hydrogen) atoms. The van der Waals surface area contributed by atoms with Gasteiger partial charge in [-0.25, -0.2) is 9.18 Å². The average Bonchev–Trinajstić information content (AvgIpc) is 2.82. The number of alkyl halides is 4. The molecule has 3 aromatic rings. The summed E-state index contributed by atoms with van der Waals surface area (Å²) in [5, 5.41) is 4.96. The van der Waals surface area contributed by atoms with Crippen LogP contribution in [0.1, 0.15) is 34.3 Å². The molecule has 3 aromatic carbocycles. The molecule has 1 unspecified atom stereocenters. The number of anilines is 2. The van der Waals surface area contributed by atoms with E-state index in [9.17, 15) is 27.2 Å². The summed E-state index contributed by atoms with van der Waals surface area (Å²) in [5.74, 6) is -0.517. The third kappa shape index (κ3) is 5.26. The largest absolute Gasteiger partial charge is 0.416 e. The monoisotopic (exact) mass is 482 g/mol. The Bertz CT molecular complexity index is 1290. The summed E-state index contributed by atoms with van der Waals surface area (Å²) in [4.78, 5) is 24.8. The summed E-state index contributed by atoms with van der Waals surface area (Å²) in [7, 11) is 0. The number of fused-ring (bicyclic) bond motifs is 1. The lowest BCUT2D eigenvalue weighted by Gasteiger charge is -2.29. The first-order valence-corrected chi connectivity index (χ1v) is 10.9. The number of hydrogen-bond donors (Lipinski definition) is 2. The first-order chi connectivity index (χ1) is 16.6. The number of rotatable bonds is 5. The molecule has 180 valence electrons. The Kier molecular flexibility index (Phi) is 6.47. The van der Waals surface area contributed by atoms with Crippen LogP contribution in [0.2, 0.25) is 0 Å². The van der Waals surface area contributed by atoms with Gasteiger partial charge < -0.3 is 10.6 Å². The lowest BCUT2D eigenvalue weighted by molar-refractivity contribution is -0.137. The Morgan fingerprint density at radius 3 is 2.34 bits per heavy atom. The van der Waals surface area contributed by atoms with Gasteiger partial charge in [-0.05, 0) is 59.9 Å². The van der Waals surface area contributed by atoms with Crippen molar-refractivity contribution in [3.05, 3.63) is 96.1 Å². The standard InChI is InChI=1S/C27H22F4N2O2/c1-2-13-26(28)14-12-19-15-18(8-11-23(19)24(26)34)17-6-9-21(10-7-17)32-25(35)33-22-5-3-4-20(16-22)27(29,30)31/h2-11,15-16H,1,12-14H2,(H2,32,33,35). The lowest BCUT2D eigenvalue weighted by Crippen LogP contribution is -2.38. The van der Waals surface area contributed by atoms with E-state index in [0.717, 1.165) is 28.8 Å². The van der Waals surface area contributed by atoms with Crippen molar-refractivity contribution in [2.75, 3.05) is 10.6 Å². The zero-order valence-corrected chi connectivity index (χ0v) is 18.6. The van der Waals surface area contributed by atoms with Crippen LogP contribution in [0.25, 0.3) is 11.1 Å². The molecule has 1 atom stereocenters. The van der Waals surface area contributed by atoms with Gasteiger partial charge in [-0.1, -0.05) is 42.5 Å². The molecule has 0 aromatic heterocycles. The van der Waals surface area contributed by atoms with Crippen molar-refractivity contribution in [2.45, 2.75) is 31.1 Å². The highest BCUT2D eigenvalue weighted by Gasteiger charge is 2.41. The molecule has 0 fully saturated rings. The highest BCUT2D eigenvalue weighted by Crippen LogP contribution is 2.36. The fourth-order valence-electron chi connectivity index (χ4n) is 4.13. The van der Waals surface area contributed by atoms with Gasteiger partial charge in [0.15, 0.2) is 5.67 Å². The topological polar surface area (TPSA) is 58.2 Å². The summed E-state index contributed by atoms with van der Waals surface area (Å²) in [6.45, 7) is 3.54.